The van der Waals surface area contributed by atoms with Crippen LogP contribution in [0.1, 0.15) is 39.5 Å². The summed E-state index contributed by atoms with van der Waals surface area (Å²) in [5.74, 6) is 0. The van der Waals surface area contributed by atoms with Gasteiger partial charge in [0, 0.05) is 0 Å². The zero-order valence-electron chi connectivity index (χ0n) is 7.48. The molecule has 1 saturated carbocycles. The molecule has 0 amide bonds. The van der Waals surface area contributed by atoms with Gasteiger partial charge in [0.05, 0.1) is 0 Å². The van der Waals surface area contributed by atoms with E-state index in [9.17, 15) is 0 Å². The van der Waals surface area contributed by atoms with Crippen molar-refractivity contribution in [2.24, 2.45) is 0 Å². The summed E-state index contributed by atoms with van der Waals surface area (Å²) in [6.07, 6.45) is 5.62. The fraction of sp³-hybridized carbons (Fsp3) is 1.00. The van der Waals surface area contributed by atoms with Gasteiger partial charge in [-0.25, -0.2) is 0 Å². The van der Waals surface area contributed by atoms with Crippen LogP contribution in [0.2, 0.25) is 0 Å². The van der Waals surface area contributed by atoms with Crippen LogP contribution in [0.15, 0.2) is 0 Å². The third kappa shape index (κ3) is 2.38. The van der Waals surface area contributed by atoms with Crippen molar-refractivity contribution < 1.29 is 58.2 Å². The average Bonchev–Trinajstić information content (AvgIpc) is 1.63. The molecule has 2 rings (SSSR count). The van der Waals surface area contributed by atoms with Gasteiger partial charge >= 0.3 is 58.2 Å². The summed E-state index contributed by atoms with van der Waals surface area (Å²) in [4.78, 5) is 0. The Balaban J connectivity index is 0.000000251. The minimum atomic E-state index is 0. The SMILES string of the molecule is C1CC2(C1)CC[N-]2.CC.[Rb+]. The first-order valence-corrected chi connectivity index (χ1v) is 4.10. The first kappa shape index (κ1) is 11.8. The van der Waals surface area contributed by atoms with Gasteiger partial charge in [0.1, 0.15) is 0 Å². The van der Waals surface area contributed by atoms with Crippen LogP contribution in [0.25, 0.3) is 5.32 Å². The van der Waals surface area contributed by atoms with Crippen LogP contribution in [0, 0.1) is 0 Å². The number of nitrogens with zero attached hydrogens (tertiary/aromatic N) is 1. The van der Waals surface area contributed by atoms with Crippen molar-refractivity contribution in [2.45, 2.75) is 45.1 Å². The topological polar surface area (TPSA) is 14.1 Å². The Labute approximate surface area is 113 Å². The fourth-order valence-electron chi connectivity index (χ4n) is 1.42. The summed E-state index contributed by atoms with van der Waals surface area (Å²) < 4.78 is 0. The van der Waals surface area contributed by atoms with Crippen molar-refractivity contribution in [1.29, 1.82) is 0 Å². The summed E-state index contributed by atoms with van der Waals surface area (Å²) in [6.45, 7) is 5.15. The zero-order valence-corrected chi connectivity index (χ0v) is 12.4. The Hall–Kier alpha value is 1.77. The molecule has 2 heteroatoms. The monoisotopic (exact) mass is 211 g/mol. The normalized spacial score (nSPS) is 24.6. The van der Waals surface area contributed by atoms with E-state index in [0.29, 0.717) is 5.54 Å². The first-order valence-electron chi connectivity index (χ1n) is 4.10. The van der Waals surface area contributed by atoms with Crippen LogP contribution in [0.5, 0.6) is 0 Å². The van der Waals surface area contributed by atoms with Crippen LogP contribution in [0.3, 0.4) is 0 Å². The predicted molar refractivity (Wildman–Crippen MR) is 40.8 cm³/mol. The summed E-state index contributed by atoms with van der Waals surface area (Å²) in [6, 6.07) is 0. The fourth-order valence-corrected chi connectivity index (χ4v) is 1.42. The molecule has 1 aliphatic heterocycles. The van der Waals surface area contributed by atoms with E-state index in [4.69, 9.17) is 0 Å². The van der Waals surface area contributed by atoms with E-state index in [2.05, 4.69) is 5.32 Å². The molecule has 0 aromatic heterocycles. The Kier molecular flexibility index (Phi) is 6.37. The Morgan fingerprint density at radius 3 is 1.60 bits per heavy atom. The molecule has 0 bridgehead atoms. The van der Waals surface area contributed by atoms with Gasteiger partial charge in [-0.2, -0.15) is 0 Å². The van der Waals surface area contributed by atoms with Gasteiger partial charge in [0.15, 0.2) is 0 Å². The van der Waals surface area contributed by atoms with Gasteiger partial charge in [-0.15, -0.1) is 12.1 Å². The molecule has 54 valence electrons. The largest absolute Gasteiger partial charge is 1.00 e. The van der Waals surface area contributed by atoms with E-state index in [1.54, 1.807) is 0 Å². The first-order chi connectivity index (χ1) is 4.41. The van der Waals surface area contributed by atoms with E-state index in [0.717, 1.165) is 6.54 Å². The van der Waals surface area contributed by atoms with E-state index in [-0.39, 0.29) is 58.2 Å². The number of rotatable bonds is 0. The predicted octanol–water partition coefficient (Wildman–Crippen LogP) is -0.283. The van der Waals surface area contributed by atoms with Crippen molar-refractivity contribution in [2.75, 3.05) is 6.54 Å². The molecule has 0 unspecified atom stereocenters. The van der Waals surface area contributed by atoms with Gasteiger partial charge in [-0.1, -0.05) is 39.5 Å². The summed E-state index contributed by atoms with van der Waals surface area (Å²) >= 11 is 0. The maximum absolute atomic E-state index is 4.41. The number of hydrogen-bond donors (Lipinski definition) is 0. The molecule has 0 aromatic rings. The van der Waals surface area contributed by atoms with Crippen molar-refractivity contribution in [1.82, 2.24) is 0 Å². The molecule has 1 saturated heterocycles. The van der Waals surface area contributed by atoms with Crippen LogP contribution < -0.4 is 58.2 Å². The van der Waals surface area contributed by atoms with Gasteiger partial charge in [-0.05, 0) is 0 Å². The Morgan fingerprint density at radius 1 is 1.10 bits per heavy atom. The standard InChI is InChI=1S/C6H10N.C2H6.Rb/c1-2-6(3-1)4-5-7-6;1-2;/h1-5H2;1-2H3;/q-1;;+1. The van der Waals surface area contributed by atoms with Crippen LogP contribution in [-0.2, 0) is 0 Å². The molecule has 1 aliphatic carbocycles. The van der Waals surface area contributed by atoms with Crippen molar-refractivity contribution >= 4 is 0 Å². The maximum atomic E-state index is 4.41. The van der Waals surface area contributed by atoms with Crippen LogP contribution in [0.4, 0.5) is 0 Å². The second-order valence-corrected chi connectivity index (χ2v) is 2.71. The smallest absolute Gasteiger partial charge is 0.657 e. The van der Waals surface area contributed by atoms with Crippen molar-refractivity contribution in [3.63, 3.8) is 0 Å². The van der Waals surface area contributed by atoms with Gasteiger partial charge in [0.2, 0.25) is 0 Å². The molecule has 0 atom stereocenters. The van der Waals surface area contributed by atoms with E-state index in [1.807, 2.05) is 13.8 Å². The quantitative estimate of drug-likeness (QED) is 0.523. The molecule has 0 radical (unpaired) electrons. The molecule has 1 spiro atoms. The zero-order chi connectivity index (χ0) is 6.74. The van der Waals surface area contributed by atoms with Crippen LogP contribution in [-0.4, -0.2) is 12.1 Å². The summed E-state index contributed by atoms with van der Waals surface area (Å²) in [5.41, 5.74) is 0.569. The molecule has 2 aliphatic rings. The molecule has 10 heavy (non-hydrogen) atoms. The van der Waals surface area contributed by atoms with Gasteiger partial charge < -0.3 is 5.32 Å². The Bertz CT molecular complexity index is 69.7. The summed E-state index contributed by atoms with van der Waals surface area (Å²) in [7, 11) is 0. The second-order valence-electron chi connectivity index (χ2n) is 2.71. The molecule has 0 N–H and O–H groups in total. The third-order valence-corrected chi connectivity index (χ3v) is 2.31. The van der Waals surface area contributed by atoms with E-state index in [1.165, 1.54) is 25.7 Å². The molecular weight excluding hydrogens is 196 g/mol. The molecule has 1 heterocycles. The van der Waals surface area contributed by atoms with Gasteiger partial charge in [-0.3, -0.25) is 0 Å². The third-order valence-electron chi connectivity index (χ3n) is 2.31. The minimum Gasteiger partial charge on any atom is -0.657 e. The summed E-state index contributed by atoms with van der Waals surface area (Å²) in [5, 5.41) is 4.41. The molecular formula is C8H16NRb. The van der Waals surface area contributed by atoms with Crippen molar-refractivity contribution in [3.8, 4) is 0 Å². The van der Waals surface area contributed by atoms with Crippen molar-refractivity contribution in [3.05, 3.63) is 5.32 Å². The number of hydrogen-bond acceptors (Lipinski definition) is 0. The van der Waals surface area contributed by atoms with E-state index < -0.39 is 0 Å². The molecule has 1 nitrogen and oxygen atoms in total. The van der Waals surface area contributed by atoms with Crippen LogP contribution >= 0.6 is 0 Å². The van der Waals surface area contributed by atoms with Gasteiger partial charge in [0.25, 0.3) is 0 Å². The average molecular weight is 212 g/mol. The molecule has 0 aromatic carbocycles. The second kappa shape index (κ2) is 5.42. The minimum absolute atomic E-state index is 0. The maximum Gasteiger partial charge on any atom is 1.00 e. The molecule has 2 fully saturated rings. The Morgan fingerprint density at radius 2 is 1.60 bits per heavy atom. The van der Waals surface area contributed by atoms with E-state index >= 15 is 0 Å².